The predicted molar refractivity (Wildman–Crippen MR) is 119 cm³/mol. The molecular formula is C22H17F2N5O3S. The maximum atomic E-state index is 14.3. The molecule has 168 valence electrons. The zero-order valence-electron chi connectivity index (χ0n) is 17.2. The number of amides is 2. The molecule has 11 heteroatoms. The molecule has 0 spiro atoms. The Morgan fingerprint density at radius 3 is 2.45 bits per heavy atom. The summed E-state index contributed by atoms with van der Waals surface area (Å²) in [7, 11) is 1.48. The highest BCUT2D eigenvalue weighted by molar-refractivity contribution is 8.12. The first-order valence-corrected chi connectivity index (χ1v) is 10.7. The zero-order valence-corrected chi connectivity index (χ0v) is 18.0. The van der Waals surface area contributed by atoms with Crippen molar-refractivity contribution in [2.24, 2.45) is 0 Å². The Morgan fingerprint density at radius 1 is 1.12 bits per heavy atom. The number of likely N-dealkylation sites (N-methyl/N-ethyl adjacent to an activating group) is 1. The Balaban J connectivity index is 1.71. The molecule has 1 aromatic heterocycles. The van der Waals surface area contributed by atoms with Gasteiger partial charge in [-0.3, -0.25) is 14.4 Å². The minimum atomic E-state index is -0.824. The topological polar surface area (TPSA) is 113 Å². The van der Waals surface area contributed by atoms with Gasteiger partial charge in [0.15, 0.2) is 11.4 Å². The number of hydrogen-bond donors (Lipinski definition) is 3. The Bertz CT molecular complexity index is 1230. The molecule has 8 nitrogen and oxygen atoms in total. The van der Waals surface area contributed by atoms with E-state index in [0.717, 1.165) is 23.9 Å². The van der Waals surface area contributed by atoms with E-state index in [1.54, 1.807) is 24.3 Å². The smallest absolute Gasteiger partial charge is 0.257 e. The van der Waals surface area contributed by atoms with Crippen LogP contribution < -0.4 is 16.0 Å². The van der Waals surface area contributed by atoms with Crippen molar-refractivity contribution < 1.29 is 23.2 Å². The van der Waals surface area contributed by atoms with Gasteiger partial charge in [0, 0.05) is 12.7 Å². The van der Waals surface area contributed by atoms with Crippen LogP contribution in [0.4, 0.5) is 20.3 Å². The lowest BCUT2D eigenvalue weighted by Gasteiger charge is -2.14. The third-order valence-electron chi connectivity index (χ3n) is 4.97. The summed E-state index contributed by atoms with van der Waals surface area (Å²) in [5, 5.41) is 7.41. The van der Waals surface area contributed by atoms with E-state index < -0.39 is 28.4 Å². The van der Waals surface area contributed by atoms with Gasteiger partial charge in [0.25, 0.3) is 5.91 Å². The fourth-order valence-electron chi connectivity index (χ4n) is 3.40. The molecule has 1 atom stereocenters. The molecule has 0 saturated carbocycles. The summed E-state index contributed by atoms with van der Waals surface area (Å²) in [6.07, 6.45) is 0. The van der Waals surface area contributed by atoms with Gasteiger partial charge in [-0.1, -0.05) is 30.0 Å². The molecule has 1 unspecified atom stereocenters. The summed E-state index contributed by atoms with van der Waals surface area (Å²) in [5.74, 6) is -2.49. The molecule has 0 radical (unpaired) electrons. The van der Waals surface area contributed by atoms with Crippen molar-refractivity contribution in [3.8, 4) is 11.4 Å². The number of carbonyl (C=O) groups is 3. The van der Waals surface area contributed by atoms with E-state index in [0.29, 0.717) is 22.6 Å². The molecular weight excluding hydrogens is 452 g/mol. The number of halogens is 2. The number of nitrogens with one attached hydrogen (secondary N) is 3. The van der Waals surface area contributed by atoms with Gasteiger partial charge in [-0.05, 0) is 29.8 Å². The fraction of sp³-hybridized carbons (Fsp3) is 0.136. The van der Waals surface area contributed by atoms with Crippen molar-refractivity contribution in [1.29, 1.82) is 0 Å². The van der Waals surface area contributed by atoms with Crippen LogP contribution in [0, 0.1) is 11.6 Å². The normalized spacial score (nSPS) is 13.1. The molecule has 0 fully saturated rings. The van der Waals surface area contributed by atoms with Gasteiger partial charge in [-0.2, -0.15) is 0 Å². The minimum Gasteiger partial charge on any atom is -0.358 e. The number of benzene rings is 2. The third kappa shape index (κ3) is 4.40. The zero-order chi connectivity index (χ0) is 23.5. The van der Waals surface area contributed by atoms with Gasteiger partial charge in [0.1, 0.15) is 28.3 Å². The van der Waals surface area contributed by atoms with Crippen LogP contribution in [-0.4, -0.2) is 34.4 Å². The van der Waals surface area contributed by atoms with Gasteiger partial charge in [-0.15, -0.1) is 0 Å². The van der Waals surface area contributed by atoms with Gasteiger partial charge in [-0.25, -0.2) is 18.7 Å². The highest BCUT2D eigenvalue weighted by Crippen LogP contribution is 2.32. The minimum absolute atomic E-state index is 0.0884. The van der Waals surface area contributed by atoms with Crippen LogP contribution in [0.3, 0.4) is 0 Å². The Labute approximate surface area is 191 Å². The second-order valence-electron chi connectivity index (χ2n) is 6.97. The van der Waals surface area contributed by atoms with E-state index in [9.17, 15) is 23.2 Å². The summed E-state index contributed by atoms with van der Waals surface area (Å²) >= 11 is 0.833. The fourth-order valence-corrected chi connectivity index (χ4v) is 4.06. The van der Waals surface area contributed by atoms with Crippen molar-refractivity contribution in [1.82, 2.24) is 20.6 Å². The number of fused-ring (bicyclic) bond motifs is 1. The molecule has 3 N–H and O–H groups in total. The summed E-state index contributed by atoms with van der Waals surface area (Å²) in [4.78, 5) is 43.7. The van der Waals surface area contributed by atoms with Crippen LogP contribution in [0.2, 0.25) is 0 Å². The molecule has 3 aromatic rings. The number of aromatic nitrogens is 2. The number of carbonyl (C=O) groups excluding carboxylic acids is 3. The Morgan fingerprint density at radius 2 is 1.82 bits per heavy atom. The third-order valence-corrected chi connectivity index (χ3v) is 5.84. The van der Waals surface area contributed by atoms with Crippen LogP contribution in [0.15, 0.2) is 42.5 Å². The van der Waals surface area contributed by atoms with Crippen LogP contribution >= 0.6 is 11.8 Å². The number of hydrogen-bond acceptors (Lipinski definition) is 7. The molecule has 2 amide bonds. The molecule has 4 rings (SSSR count). The maximum absolute atomic E-state index is 14.3. The Kier molecular flexibility index (Phi) is 6.31. The summed E-state index contributed by atoms with van der Waals surface area (Å²) in [6, 6.07) is 10.0. The summed E-state index contributed by atoms with van der Waals surface area (Å²) in [5.41, 5.74) is 1.80. The van der Waals surface area contributed by atoms with Gasteiger partial charge >= 0.3 is 0 Å². The Hall–Kier alpha value is -3.86. The molecule has 2 heterocycles. The lowest BCUT2D eigenvalue weighted by atomic mass is 10.1. The second-order valence-corrected chi connectivity index (χ2v) is 7.91. The van der Waals surface area contributed by atoms with Gasteiger partial charge < -0.3 is 16.0 Å². The molecule has 0 saturated heterocycles. The molecule has 0 bridgehead atoms. The first-order valence-electron chi connectivity index (χ1n) is 9.74. The van der Waals surface area contributed by atoms with Gasteiger partial charge in [0.2, 0.25) is 5.91 Å². The number of thioether (sulfide) groups is 1. The lowest BCUT2D eigenvalue weighted by molar-refractivity contribution is -0.120. The first kappa shape index (κ1) is 22.3. The number of nitrogens with zero attached hydrogens (tertiary/aromatic N) is 2. The van der Waals surface area contributed by atoms with Crippen molar-refractivity contribution in [3.05, 3.63) is 70.9 Å². The first-order chi connectivity index (χ1) is 15.9. The van der Waals surface area contributed by atoms with E-state index in [1.807, 2.05) is 0 Å². The summed E-state index contributed by atoms with van der Waals surface area (Å²) in [6.45, 7) is 0.101. The van der Waals surface area contributed by atoms with E-state index in [-0.39, 0.29) is 29.7 Å². The van der Waals surface area contributed by atoms with Crippen molar-refractivity contribution in [2.45, 2.75) is 11.8 Å². The standard InChI is InChI=1S/C22H17F2N5O3S/c1-25-22(32)18(33-10-30)11-5-7-12(8-6-11)27-20-17-15(9-26-21(17)31)28-19(29-20)16-13(23)3-2-4-14(16)24/h2-8,10,18H,9H2,1H3,(H,25,32)(H,26,31)(H,27,28,29). The largest absolute Gasteiger partial charge is 0.358 e. The average molecular weight is 469 g/mol. The maximum Gasteiger partial charge on any atom is 0.257 e. The van der Waals surface area contributed by atoms with Crippen molar-refractivity contribution in [2.75, 3.05) is 12.4 Å². The lowest BCUT2D eigenvalue weighted by Crippen LogP contribution is -2.23. The van der Waals surface area contributed by atoms with Crippen LogP contribution in [0.5, 0.6) is 0 Å². The highest BCUT2D eigenvalue weighted by atomic mass is 32.2. The van der Waals surface area contributed by atoms with Gasteiger partial charge in [0.05, 0.1) is 17.8 Å². The second kappa shape index (κ2) is 9.33. The average Bonchev–Trinajstić information content (AvgIpc) is 3.18. The molecule has 1 aliphatic heterocycles. The molecule has 33 heavy (non-hydrogen) atoms. The van der Waals surface area contributed by atoms with E-state index in [2.05, 4.69) is 25.9 Å². The van der Waals surface area contributed by atoms with E-state index in [4.69, 9.17) is 0 Å². The summed E-state index contributed by atoms with van der Waals surface area (Å²) < 4.78 is 28.6. The number of anilines is 2. The van der Waals surface area contributed by atoms with Crippen LogP contribution in [0.1, 0.15) is 26.9 Å². The van der Waals surface area contributed by atoms with Crippen LogP contribution in [0.25, 0.3) is 11.4 Å². The monoisotopic (exact) mass is 469 g/mol. The quantitative estimate of drug-likeness (QED) is 0.456. The predicted octanol–water partition coefficient (Wildman–Crippen LogP) is 3.12. The SMILES string of the molecule is CNC(=O)C(SC=O)c1ccc(Nc2nc(-c3c(F)cccc3F)nc3c2C(=O)NC3)cc1. The molecule has 2 aromatic carbocycles. The van der Waals surface area contributed by atoms with Crippen LogP contribution in [-0.2, 0) is 16.1 Å². The van der Waals surface area contributed by atoms with E-state index in [1.165, 1.54) is 13.1 Å². The molecule has 1 aliphatic rings. The van der Waals surface area contributed by atoms with Crippen molar-refractivity contribution in [3.63, 3.8) is 0 Å². The molecule has 0 aliphatic carbocycles. The van der Waals surface area contributed by atoms with E-state index >= 15 is 0 Å². The highest BCUT2D eigenvalue weighted by Gasteiger charge is 2.28. The number of rotatable bonds is 7. The van der Waals surface area contributed by atoms with Crippen molar-refractivity contribution >= 4 is 40.7 Å².